The van der Waals surface area contributed by atoms with Crippen LogP contribution in [0.5, 0.6) is 0 Å². The summed E-state index contributed by atoms with van der Waals surface area (Å²) in [6.45, 7) is 1.59. The Kier molecular flexibility index (Phi) is 2.98. The predicted octanol–water partition coefficient (Wildman–Crippen LogP) is 3.14. The first-order chi connectivity index (χ1) is 7.56. The lowest BCUT2D eigenvalue weighted by molar-refractivity contribution is 0.195. The average Bonchev–Trinajstić information content (AvgIpc) is 2.64. The van der Waals surface area contributed by atoms with E-state index >= 15 is 0 Å². The maximum Gasteiger partial charge on any atom is 0.126 e. The van der Waals surface area contributed by atoms with Crippen molar-refractivity contribution in [3.05, 3.63) is 40.9 Å². The number of benzene rings is 1. The van der Waals surface area contributed by atoms with Crippen LogP contribution in [0.25, 0.3) is 10.6 Å². The van der Waals surface area contributed by atoms with Crippen LogP contribution in [0.15, 0.2) is 23.6 Å². The van der Waals surface area contributed by atoms with E-state index < -0.39 is 17.7 Å². The second kappa shape index (κ2) is 4.27. The Hall–Kier alpha value is -1.33. The third-order valence-electron chi connectivity index (χ3n) is 2.06. The van der Waals surface area contributed by atoms with Gasteiger partial charge < -0.3 is 5.11 Å². The molecule has 1 aromatic carbocycles. The molecule has 0 radical (unpaired) electrons. The summed E-state index contributed by atoms with van der Waals surface area (Å²) in [5.41, 5.74) is 0.888. The number of hydrogen-bond donors (Lipinski definition) is 1. The molecule has 2 rings (SSSR count). The Labute approximate surface area is 95.2 Å². The van der Waals surface area contributed by atoms with Crippen LogP contribution in [0, 0.1) is 11.6 Å². The van der Waals surface area contributed by atoms with E-state index in [-0.39, 0.29) is 0 Å². The summed E-state index contributed by atoms with van der Waals surface area (Å²) in [5.74, 6) is -1.27. The molecule has 1 heterocycles. The number of halogens is 2. The van der Waals surface area contributed by atoms with Crippen LogP contribution in [-0.4, -0.2) is 10.1 Å². The van der Waals surface area contributed by atoms with Crippen molar-refractivity contribution in [3.63, 3.8) is 0 Å². The Balaban J connectivity index is 2.42. The highest BCUT2D eigenvalue weighted by atomic mass is 32.1. The fraction of sp³-hybridized carbons (Fsp3) is 0.182. The maximum absolute atomic E-state index is 13.0. The van der Waals surface area contributed by atoms with Crippen molar-refractivity contribution in [2.75, 3.05) is 0 Å². The lowest BCUT2D eigenvalue weighted by Gasteiger charge is -1.99. The number of aliphatic hydroxyl groups excluding tert-OH is 1. The summed E-state index contributed by atoms with van der Waals surface area (Å²) in [7, 11) is 0. The highest BCUT2D eigenvalue weighted by Crippen LogP contribution is 2.27. The molecule has 16 heavy (non-hydrogen) atoms. The third-order valence-corrected chi connectivity index (χ3v) is 2.97. The molecular weight excluding hydrogens is 232 g/mol. The quantitative estimate of drug-likeness (QED) is 0.876. The topological polar surface area (TPSA) is 33.1 Å². The van der Waals surface area contributed by atoms with E-state index in [9.17, 15) is 13.9 Å². The third kappa shape index (κ3) is 2.25. The van der Waals surface area contributed by atoms with Gasteiger partial charge in [0, 0.05) is 17.0 Å². The van der Waals surface area contributed by atoms with Gasteiger partial charge in [-0.15, -0.1) is 11.3 Å². The monoisotopic (exact) mass is 241 g/mol. The molecule has 0 saturated heterocycles. The molecule has 0 aliphatic rings. The van der Waals surface area contributed by atoms with Gasteiger partial charge in [0.05, 0.1) is 11.8 Å². The highest BCUT2D eigenvalue weighted by Gasteiger charge is 2.10. The lowest BCUT2D eigenvalue weighted by atomic mass is 10.2. The average molecular weight is 241 g/mol. The molecule has 0 spiro atoms. The zero-order valence-corrected chi connectivity index (χ0v) is 9.26. The van der Waals surface area contributed by atoms with Crippen LogP contribution < -0.4 is 0 Å². The molecule has 0 amide bonds. The SMILES string of the molecule is CC(O)c1csc(-c2cc(F)cc(F)c2)n1. The first-order valence-electron chi connectivity index (χ1n) is 4.66. The summed E-state index contributed by atoms with van der Waals surface area (Å²) in [5, 5.41) is 11.5. The van der Waals surface area contributed by atoms with Gasteiger partial charge in [0.15, 0.2) is 0 Å². The van der Waals surface area contributed by atoms with Crippen LogP contribution in [0.4, 0.5) is 8.78 Å². The van der Waals surface area contributed by atoms with E-state index in [4.69, 9.17) is 0 Å². The van der Waals surface area contributed by atoms with Gasteiger partial charge in [0.25, 0.3) is 0 Å². The lowest BCUT2D eigenvalue weighted by Crippen LogP contribution is -1.90. The molecule has 0 saturated carbocycles. The van der Waals surface area contributed by atoms with Crippen molar-refractivity contribution in [2.24, 2.45) is 0 Å². The standard InChI is InChI=1S/C11H9F2NOS/c1-6(15)10-5-16-11(14-10)7-2-8(12)4-9(13)3-7/h2-6,15H,1H3. The minimum absolute atomic E-state index is 0.384. The zero-order valence-electron chi connectivity index (χ0n) is 8.45. The van der Waals surface area contributed by atoms with Crippen molar-refractivity contribution in [3.8, 4) is 10.6 Å². The molecular formula is C11H9F2NOS. The summed E-state index contributed by atoms with van der Waals surface area (Å²) in [6.07, 6.45) is -0.677. The maximum atomic E-state index is 13.0. The summed E-state index contributed by atoms with van der Waals surface area (Å²) in [4.78, 5) is 4.10. The van der Waals surface area contributed by atoms with Crippen molar-refractivity contribution in [1.29, 1.82) is 0 Å². The molecule has 0 fully saturated rings. The first kappa shape index (κ1) is 11.2. The van der Waals surface area contributed by atoms with Gasteiger partial charge in [0.2, 0.25) is 0 Å². The molecule has 2 nitrogen and oxygen atoms in total. The molecule has 1 N–H and O–H groups in total. The number of aromatic nitrogens is 1. The number of rotatable bonds is 2. The largest absolute Gasteiger partial charge is 0.387 e. The summed E-state index contributed by atoms with van der Waals surface area (Å²) >= 11 is 1.24. The first-order valence-corrected chi connectivity index (χ1v) is 5.54. The highest BCUT2D eigenvalue weighted by molar-refractivity contribution is 7.13. The van der Waals surface area contributed by atoms with Gasteiger partial charge in [-0.1, -0.05) is 0 Å². The van der Waals surface area contributed by atoms with E-state index in [2.05, 4.69) is 4.98 Å². The minimum atomic E-state index is -0.677. The van der Waals surface area contributed by atoms with Gasteiger partial charge >= 0.3 is 0 Å². The number of nitrogens with zero attached hydrogens (tertiary/aromatic N) is 1. The van der Waals surface area contributed by atoms with Crippen LogP contribution in [0.3, 0.4) is 0 Å². The van der Waals surface area contributed by atoms with Gasteiger partial charge in [0.1, 0.15) is 16.6 Å². The number of hydrogen-bond acceptors (Lipinski definition) is 3. The minimum Gasteiger partial charge on any atom is -0.387 e. The summed E-state index contributed by atoms with van der Waals surface area (Å²) in [6, 6.07) is 3.24. The second-order valence-electron chi connectivity index (χ2n) is 3.41. The van der Waals surface area contributed by atoms with Crippen molar-refractivity contribution >= 4 is 11.3 Å². The smallest absolute Gasteiger partial charge is 0.126 e. The van der Waals surface area contributed by atoms with Crippen molar-refractivity contribution in [2.45, 2.75) is 13.0 Å². The van der Waals surface area contributed by atoms with E-state index in [1.807, 2.05) is 0 Å². The Bertz CT molecular complexity index is 490. The van der Waals surface area contributed by atoms with Crippen molar-refractivity contribution < 1.29 is 13.9 Å². The molecule has 0 bridgehead atoms. The van der Waals surface area contributed by atoms with E-state index in [0.29, 0.717) is 16.3 Å². The van der Waals surface area contributed by atoms with E-state index in [1.54, 1.807) is 12.3 Å². The van der Waals surface area contributed by atoms with Crippen LogP contribution in [-0.2, 0) is 0 Å². The molecule has 2 aromatic rings. The van der Waals surface area contributed by atoms with E-state index in [0.717, 1.165) is 6.07 Å². The molecule has 1 atom stereocenters. The molecule has 1 unspecified atom stereocenters. The van der Waals surface area contributed by atoms with Gasteiger partial charge in [-0.2, -0.15) is 0 Å². The fourth-order valence-corrected chi connectivity index (χ4v) is 2.18. The molecule has 84 valence electrons. The van der Waals surface area contributed by atoms with Gasteiger partial charge in [-0.25, -0.2) is 13.8 Å². The molecule has 0 aliphatic carbocycles. The zero-order chi connectivity index (χ0) is 11.7. The second-order valence-corrected chi connectivity index (χ2v) is 4.27. The van der Waals surface area contributed by atoms with Gasteiger partial charge in [-0.3, -0.25) is 0 Å². The van der Waals surface area contributed by atoms with Crippen LogP contribution in [0.2, 0.25) is 0 Å². The number of thiazole rings is 1. The Morgan fingerprint density at radius 2 is 1.88 bits per heavy atom. The van der Waals surface area contributed by atoms with Gasteiger partial charge in [-0.05, 0) is 19.1 Å². The fourth-order valence-electron chi connectivity index (χ4n) is 1.29. The normalized spacial score (nSPS) is 12.8. The molecule has 5 heteroatoms. The molecule has 1 aromatic heterocycles. The van der Waals surface area contributed by atoms with Crippen LogP contribution in [0.1, 0.15) is 18.7 Å². The van der Waals surface area contributed by atoms with Crippen molar-refractivity contribution in [1.82, 2.24) is 4.98 Å². The summed E-state index contributed by atoms with van der Waals surface area (Å²) < 4.78 is 25.9. The Morgan fingerprint density at radius 3 is 2.38 bits per heavy atom. The molecule has 0 aliphatic heterocycles. The predicted molar refractivity (Wildman–Crippen MR) is 58.1 cm³/mol. The Morgan fingerprint density at radius 1 is 1.25 bits per heavy atom. The van der Waals surface area contributed by atoms with Crippen LogP contribution >= 0.6 is 11.3 Å². The number of aliphatic hydroxyl groups is 1. The van der Waals surface area contributed by atoms with E-state index in [1.165, 1.54) is 23.5 Å².